The van der Waals surface area contributed by atoms with Crippen molar-refractivity contribution in [2.75, 3.05) is 5.32 Å². The fraction of sp³-hybridized carbons (Fsp3) is 0.429. The Morgan fingerprint density at radius 2 is 2.67 bits per heavy atom. The molecule has 66 valence electrons. The quantitative estimate of drug-likeness (QED) is 0.809. The Morgan fingerprint density at radius 3 is 3.17 bits per heavy atom. The monoisotopic (exact) mass is 232 g/mol. The Bertz CT molecular complexity index is 248. The Balaban J connectivity index is 2.47. The van der Waals surface area contributed by atoms with E-state index in [0.717, 1.165) is 6.42 Å². The molecule has 0 spiro atoms. The zero-order chi connectivity index (χ0) is 8.97. The third-order valence-electron chi connectivity index (χ3n) is 1.33. The van der Waals surface area contributed by atoms with Crippen LogP contribution in [0.3, 0.4) is 0 Å². The van der Waals surface area contributed by atoms with Crippen LogP contribution in [0.1, 0.15) is 13.3 Å². The first-order valence-electron chi connectivity index (χ1n) is 3.59. The average Bonchev–Trinajstić information content (AvgIpc) is 2.55. The number of anilines is 1. The van der Waals surface area contributed by atoms with Crippen LogP contribution in [0.25, 0.3) is 0 Å². The number of nitrogens with one attached hydrogen (secondary N) is 1. The summed E-state index contributed by atoms with van der Waals surface area (Å²) >= 11 is 3.22. The second-order valence-electron chi connectivity index (χ2n) is 2.25. The van der Waals surface area contributed by atoms with Gasteiger partial charge >= 0.3 is 0 Å². The molecule has 0 radical (unpaired) electrons. The molecule has 1 aromatic rings. The van der Waals surface area contributed by atoms with Crippen molar-refractivity contribution in [2.24, 2.45) is 0 Å². The number of nitrogens with zero attached hydrogens (tertiary/aromatic N) is 1. The third-order valence-corrected chi connectivity index (χ3v) is 2.40. The topological polar surface area (TPSA) is 55.1 Å². The van der Waals surface area contributed by atoms with E-state index < -0.39 is 0 Å². The summed E-state index contributed by atoms with van der Waals surface area (Å²) < 4.78 is 4.55. The lowest BCUT2D eigenvalue weighted by Gasteiger charge is -2.04. The maximum Gasteiger partial charge on any atom is 0.239 e. The number of alkyl halides is 1. The highest BCUT2D eigenvalue weighted by atomic mass is 79.9. The number of hydrogen-bond acceptors (Lipinski definition) is 3. The molecule has 0 saturated heterocycles. The smallest absolute Gasteiger partial charge is 0.239 e. The molecule has 1 rings (SSSR count). The van der Waals surface area contributed by atoms with Crippen LogP contribution in [-0.2, 0) is 4.79 Å². The normalized spacial score (nSPS) is 12.5. The van der Waals surface area contributed by atoms with Crippen molar-refractivity contribution in [3.63, 3.8) is 0 Å². The van der Waals surface area contributed by atoms with Crippen molar-refractivity contribution >= 4 is 27.7 Å². The lowest BCUT2D eigenvalue weighted by Crippen LogP contribution is -2.22. The van der Waals surface area contributed by atoms with Gasteiger partial charge in [-0.3, -0.25) is 4.79 Å². The van der Waals surface area contributed by atoms with Crippen molar-refractivity contribution in [3.8, 4) is 0 Å². The molecule has 0 fully saturated rings. The number of carbonyl (C=O) groups excluding carboxylic acids is 1. The van der Waals surface area contributed by atoms with Gasteiger partial charge in [-0.1, -0.05) is 28.0 Å². The van der Waals surface area contributed by atoms with Gasteiger partial charge in [-0.05, 0) is 6.42 Å². The molecule has 0 saturated carbocycles. The fourth-order valence-electron chi connectivity index (χ4n) is 0.667. The van der Waals surface area contributed by atoms with Gasteiger partial charge in [0.05, 0.1) is 4.83 Å². The lowest BCUT2D eigenvalue weighted by molar-refractivity contribution is -0.115. The zero-order valence-corrected chi connectivity index (χ0v) is 8.17. The van der Waals surface area contributed by atoms with Crippen LogP contribution in [0.2, 0.25) is 0 Å². The van der Waals surface area contributed by atoms with Crippen LogP contribution < -0.4 is 5.32 Å². The summed E-state index contributed by atoms with van der Waals surface area (Å²) in [5, 5.41) is 6.13. The molecule has 1 unspecified atom stereocenters. The number of rotatable bonds is 3. The molecule has 1 amide bonds. The highest BCUT2D eigenvalue weighted by Gasteiger charge is 2.12. The molecule has 1 atom stereocenters. The van der Waals surface area contributed by atoms with Gasteiger partial charge in [-0.15, -0.1) is 0 Å². The summed E-state index contributed by atoms with van der Waals surface area (Å²) in [6.45, 7) is 1.92. The molecular weight excluding hydrogens is 224 g/mol. The van der Waals surface area contributed by atoms with Crippen molar-refractivity contribution in [3.05, 3.63) is 12.3 Å². The van der Waals surface area contributed by atoms with E-state index in [2.05, 4.69) is 30.9 Å². The molecule has 12 heavy (non-hydrogen) atoms. The predicted octanol–water partition coefficient (Wildman–Crippen LogP) is 1.79. The molecule has 4 nitrogen and oxygen atoms in total. The van der Waals surface area contributed by atoms with E-state index in [-0.39, 0.29) is 10.7 Å². The van der Waals surface area contributed by atoms with Crippen LogP contribution in [0.15, 0.2) is 16.9 Å². The summed E-state index contributed by atoms with van der Waals surface area (Å²) in [5.41, 5.74) is 0. The number of aromatic nitrogens is 1. The molecule has 0 aliphatic carbocycles. The first kappa shape index (κ1) is 9.25. The van der Waals surface area contributed by atoms with E-state index in [9.17, 15) is 4.79 Å². The summed E-state index contributed by atoms with van der Waals surface area (Å²) in [5.74, 6) is 0.337. The van der Waals surface area contributed by atoms with Crippen LogP contribution in [0.5, 0.6) is 0 Å². The van der Waals surface area contributed by atoms with Crippen molar-refractivity contribution in [1.82, 2.24) is 5.16 Å². The van der Waals surface area contributed by atoms with Crippen LogP contribution in [0.4, 0.5) is 5.82 Å². The van der Waals surface area contributed by atoms with Gasteiger partial charge in [-0.2, -0.15) is 0 Å². The van der Waals surface area contributed by atoms with Crippen LogP contribution >= 0.6 is 15.9 Å². The fourth-order valence-corrected chi connectivity index (χ4v) is 0.781. The first-order chi connectivity index (χ1) is 5.74. The molecule has 5 heteroatoms. The Kier molecular flexibility index (Phi) is 3.28. The second-order valence-corrected chi connectivity index (χ2v) is 3.36. The highest BCUT2D eigenvalue weighted by Crippen LogP contribution is 2.08. The van der Waals surface area contributed by atoms with Crippen molar-refractivity contribution < 1.29 is 9.32 Å². The summed E-state index contributed by atoms with van der Waals surface area (Å²) in [4.78, 5) is 11.0. The minimum atomic E-state index is -0.172. The van der Waals surface area contributed by atoms with Crippen molar-refractivity contribution in [1.29, 1.82) is 0 Å². The molecular formula is C7H9BrN2O2. The second kappa shape index (κ2) is 4.25. The minimum Gasteiger partial charge on any atom is -0.363 e. The van der Waals surface area contributed by atoms with Crippen LogP contribution in [0, 0.1) is 0 Å². The SMILES string of the molecule is CCC(Br)C(=O)Nc1ccon1. The van der Waals surface area contributed by atoms with Gasteiger partial charge in [0, 0.05) is 6.07 Å². The Hall–Kier alpha value is -0.840. The van der Waals surface area contributed by atoms with Gasteiger partial charge in [0.25, 0.3) is 0 Å². The molecule has 1 aromatic heterocycles. The summed E-state index contributed by atoms with van der Waals surface area (Å²) in [6.07, 6.45) is 2.15. The number of carbonyl (C=O) groups is 1. The van der Waals surface area contributed by atoms with E-state index in [1.165, 1.54) is 6.26 Å². The third kappa shape index (κ3) is 2.34. The van der Waals surface area contributed by atoms with E-state index in [0.29, 0.717) is 5.82 Å². The highest BCUT2D eigenvalue weighted by molar-refractivity contribution is 9.10. The number of hydrogen-bond donors (Lipinski definition) is 1. The van der Waals surface area contributed by atoms with E-state index in [1.54, 1.807) is 6.07 Å². The predicted molar refractivity (Wildman–Crippen MR) is 48.1 cm³/mol. The molecule has 0 aliphatic rings. The van der Waals surface area contributed by atoms with Gasteiger partial charge in [-0.25, -0.2) is 0 Å². The Labute approximate surface area is 78.4 Å². The summed E-state index contributed by atoms with van der Waals surface area (Å²) in [6, 6.07) is 1.59. The Morgan fingerprint density at radius 1 is 1.92 bits per heavy atom. The standard InChI is InChI=1S/C7H9BrN2O2/c1-2-5(8)7(11)9-6-3-4-12-10-6/h3-5H,2H2,1H3,(H,9,10,11). The lowest BCUT2D eigenvalue weighted by atomic mass is 10.3. The van der Waals surface area contributed by atoms with E-state index in [1.807, 2.05) is 6.92 Å². The van der Waals surface area contributed by atoms with Crippen molar-refractivity contribution in [2.45, 2.75) is 18.2 Å². The van der Waals surface area contributed by atoms with Gasteiger partial charge in [0.2, 0.25) is 5.91 Å². The van der Waals surface area contributed by atoms with Gasteiger partial charge < -0.3 is 9.84 Å². The molecule has 1 heterocycles. The maximum absolute atomic E-state index is 11.2. The first-order valence-corrected chi connectivity index (χ1v) is 4.51. The largest absolute Gasteiger partial charge is 0.363 e. The molecule has 0 bridgehead atoms. The van der Waals surface area contributed by atoms with Gasteiger partial charge in [0.15, 0.2) is 5.82 Å². The summed E-state index contributed by atoms with van der Waals surface area (Å²) in [7, 11) is 0. The van der Waals surface area contributed by atoms with E-state index >= 15 is 0 Å². The van der Waals surface area contributed by atoms with E-state index in [4.69, 9.17) is 0 Å². The maximum atomic E-state index is 11.2. The zero-order valence-electron chi connectivity index (χ0n) is 6.58. The molecule has 0 aliphatic heterocycles. The molecule has 0 aromatic carbocycles. The van der Waals surface area contributed by atoms with Gasteiger partial charge in [0.1, 0.15) is 6.26 Å². The average molecular weight is 233 g/mol. The van der Waals surface area contributed by atoms with Crippen LogP contribution in [-0.4, -0.2) is 15.9 Å². The number of amides is 1. The molecule has 1 N–H and O–H groups in total. The number of halogens is 1. The minimum absolute atomic E-state index is 0.105.